The number of amides is 1. The third-order valence-electron chi connectivity index (χ3n) is 2.54. The number of hydrogen-bond donors (Lipinski definition) is 2. The minimum Gasteiger partial charge on any atom is -0.316 e. The highest BCUT2D eigenvalue weighted by Gasteiger charge is 2.21. The molecule has 1 saturated heterocycles. The van der Waals surface area contributed by atoms with Gasteiger partial charge in [-0.05, 0) is 35.3 Å². The van der Waals surface area contributed by atoms with Crippen LogP contribution in [0, 0.1) is 5.92 Å². The van der Waals surface area contributed by atoms with E-state index in [1.54, 1.807) is 6.20 Å². The molecule has 0 spiro atoms. The van der Waals surface area contributed by atoms with Crippen molar-refractivity contribution < 1.29 is 4.79 Å². The summed E-state index contributed by atoms with van der Waals surface area (Å²) in [6, 6.07) is 0. The first-order valence-corrected chi connectivity index (χ1v) is 6.04. The van der Waals surface area contributed by atoms with Crippen molar-refractivity contribution in [3.05, 3.63) is 17.0 Å². The fraction of sp³-hybridized carbons (Fsp3) is 0.500. The summed E-state index contributed by atoms with van der Waals surface area (Å²) in [5.74, 6) is 0.557. The van der Waals surface area contributed by atoms with Crippen molar-refractivity contribution >= 4 is 27.7 Å². The van der Waals surface area contributed by atoms with E-state index in [0.29, 0.717) is 10.4 Å². The number of nitrogens with one attached hydrogen (secondary N) is 2. The third-order valence-corrected chi connectivity index (χ3v) is 2.95. The van der Waals surface area contributed by atoms with Gasteiger partial charge in [0.2, 0.25) is 5.91 Å². The molecule has 1 aromatic heterocycles. The number of carbonyl (C=O) groups is 1. The molecule has 0 saturated carbocycles. The second kappa shape index (κ2) is 5.36. The van der Waals surface area contributed by atoms with Crippen LogP contribution in [-0.4, -0.2) is 29.0 Å². The van der Waals surface area contributed by atoms with Gasteiger partial charge in [0.15, 0.2) is 5.82 Å². The molecule has 2 rings (SSSR count). The molecular formula is C10H13BrN4O. The van der Waals surface area contributed by atoms with Crippen molar-refractivity contribution in [1.82, 2.24) is 15.3 Å². The van der Waals surface area contributed by atoms with E-state index in [4.69, 9.17) is 0 Å². The van der Waals surface area contributed by atoms with E-state index in [1.165, 1.54) is 6.20 Å². The van der Waals surface area contributed by atoms with Gasteiger partial charge in [0.1, 0.15) is 4.60 Å². The van der Waals surface area contributed by atoms with E-state index < -0.39 is 0 Å². The fourth-order valence-corrected chi connectivity index (χ4v) is 1.89. The van der Waals surface area contributed by atoms with Crippen LogP contribution >= 0.6 is 15.9 Å². The molecule has 1 amide bonds. The van der Waals surface area contributed by atoms with E-state index >= 15 is 0 Å². The number of anilines is 1. The lowest BCUT2D eigenvalue weighted by atomic mass is 9.99. The number of piperidine rings is 1. The number of halogens is 1. The molecule has 1 aliphatic heterocycles. The Labute approximate surface area is 102 Å². The van der Waals surface area contributed by atoms with E-state index in [9.17, 15) is 4.79 Å². The highest BCUT2D eigenvalue weighted by Crippen LogP contribution is 2.13. The van der Waals surface area contributed by atoms with Crippen molar-refractivity contribution in [2.45, 2.75) is 12.8 Å². The van der Waals surface area contributed by atoms with Crippen molar-refractivity contribution in [1.29, 1.82) is 0 Å². The van der Waals surface area contributed by atoms with Crippen molar-refractivity contribution in [3.63, 3.8) is 0 Å². The first-order valence-electron chi connectivity index (χ1n) is 5.25. The molecular weight excluding hydrogens is 272 g/mol. The van der Waals surface area contributed by atoms with Crippen LogP contribution in [0.3, 0.4) is 0 Å². The maximum atomic E-state index is 11.8. The van der Waals surface area contributed by atoms with Gasteiger partial charge in [-0.15, -0.1) is 0 Å². The van der Waals surface area contributed by atoms with Crippen LogP contribution in [0.4, 0.5) is 5.82 Å². The molecule has 0 aliphatic carbocycles. The van der Waals surface area contributed by atoms with Crippen molar-refractivity contribution in [2.24, 2.45) is 5.92 Å². The zero-order valence-corrected chi connectivity index (χ0v) is 10.3. The second-order valence-electron chi connectivity index (χ2n) is 3.76. The highest BCUT2D eigenvalue weighted by molar-refractivity contribution is 9.10. The molecule has 0 bridgehead atoms. The molecule has 0 aromatic carbocycles. The number of nitrogens with zero attached hydrogens (tertiary/aromatic N) is 2. The Morgan fingerprint density at radius 1 is 1.50 bits per heavy atom. The molecule has 1 atom stereocenters. The summed E-state index contributed by atoms with van der Waals surface area (Å²) in [5.41, 5.74) is 0. The lowest BCUT2D eigenvalue weighted by molar-refractivity contribution is -0.120. The topological polar surface area (TPSA) is 66.9 Å². The van der Waals surface area contributed by atoms with E-state index in [-0.39, 0.29) is 11.8 Å². The fourth-order valence-electron chi connectivity index (χ4n) is 1.68. The Kier molecular flexibility index (Phi) is 3.84. The minimum absolute atomic E-state index is 0.0174. The summed E-state index contributed by atoms with van der Waals surface area (Å²) in [6.07, 6.45) is 5.08. The molecule has 2 N–H and O–H groups in total. The molecule has 1 aromatic rings. The van der Waals surface area contributed by atoms with E-state index in [1.807, 2.05) is 0 Å². The first kappa shape index (κ1) is 11.5. The van der Waals surface area contributed by atoms with Crippen LogP contribution in [0.1, 0.15) is 12.8 Å². The summed E-state index contributed by atoms with van der Waals surface area (Å²) in [6.45, 7) is 1.75. The second-order valence-corrected chi connectivity index (χ2v) is 4.57. The van der Waals surface area contributed by atoms with E-state index in [2.05, 4.69) is 36.5 Å². The van der Waals surface area contributed by atoms with Crippen LogP contribution in [0.25, 0.3) is 0 Å². The molecule has 2 heterocycles. The SMILES string of the molecule is O=C(Nc1cnc(Br)cn1)[C@H]1CCCNC1. The molecule has 1 aliphatic rings. The Morgan fingerprint density at radius 2 is 2.38 bits per heavy atom. The highest BCUT2D eigenvalue weighted by atomic mass is 79.9. The van der Waals surface area contributed by atoms with Gasteiger partial charge in [-0.2, -0.15) is 0 Å². The van der Waals surface area contributed by atoms with Crippen LogP contribution < -0.4 is 10.6 Å². The summed E-state index contributed by atoms with van der Waals surface area (Å²) in [5, 5.41) is 5.97. The molecule has 6 heteroatoms. The van der Waals surface area contributed by atoms with Gasteiger partial charge in [0, 0.05) is 6.54 Å². The van der Waals surface area contributed by atoms with Gasteiger partial charge in [-0.3, -0.25) is 4.79 Å². The van der Waals surface area contributed by atoms with Gasteiger partial charge >= 0.3 is 0 Å². The van der Waals surface area contributed by atoms with Gasteiger partial charge < -0.3 is 10.6 Å². The van der Waals surface area contributed by atoms with Crippen LogP contribution in [-0.2, 0) is 4.79 Å². The summed E-state index contributed by atoms with van der Waals surface area (Å²) in [7, 11) is 0. The number of carbonyl (C=O) groups excluding carboxylic acids is 1. The smallest absolute Gasteiger partial charge is 0.229 e. The zero-order chi connectivity index (χ0) is 11.4. The molecule has 16 heavy (non-hydrogen) atoms. The lowest BCUT2D eigenvalue weighted by Gasteiger charge is -2.21. The Morgan fingerprint density at radius 3 is 3.00 bits per heavy atom. The molecule has 1 fully saturated rings. The van der Waals surface area contributed by atoms with Gasteiger partial charge in [0.05, 0.1) is 18.3 Å². The van der Waals surface area contributed by atoms with Crippen LogP contribution in [0.5, 0.6) is 0 Å². The number of hydrogen-bond acceptors (Lipinski definition) is 4. The normalized spacial score (nSPS) is 20.4. The van der Waals surface area contributed by atoms with Crippen LogP contribution in [0.2, 0.25) is 0 Å². The lowest BCUT2D eigenvalue weighted by Crippen LogP contribution is -2.37. The van der Waals surface area contributed by atoms with Crippen molar-refractivity contribution in [2.75, 3.05) is 18.4 Å². The maximum absolute atomic E-state index is 11.8. The van der Waals surface area contributed by atoms with Crippen LogP contribution in [0.15, 0.2) is 17.0 Å². The molecule has 86 valence electrons. The van der Waals surface area contributed by atoms with Gasteiger partial charge in [-0.25, -0.2) is 9.97 Å². The molecule has 0 radical (unpaired) electrons. The summed E-state index contributed by atoms with van der Waals surface area (Å²) in [4.78, 5) is 19.9. The standard InChI is InChI=1S/C10H13BrN4O/c11-8-5-14-9(6-13-8)15-10(16)7-2-1-3-12-4-7/h5-7,12H,1-4H2,(H,14,15,16)/t7-/m0/s1. The monoisotopic (exact) mass is 284 g/mol. The maximum Gasteiger partial charge on any atom is 0.229 e. The Bertz CT molecular complexity index is 362. The Balaban J connectivity index is 1.93. The van der Waals surface area contributed by atoms with Gasteiger partial charge in [0.25, 0.3) is 0 Å². The largest absolute Gasteiger partial charge is 0.316 e. The molecule has 5 nitrogen and oxygen atoms in total. The molecule has 0 unspecified atom stereocenters. The minimum atomic E-state index is 0.0174. The third kappa shape index (κ3) is 2.99. The number of rotatable bonds is 2. The predicted octanol–water partition coefficient (Wildman–Crippen LogP) is 1.18. The first-order chi connectivity index (χ1) is 7.75. The van der Waals surface area contributed by atoms with Crippen molar-refractivity contribution in [3.8, 4) is 0 Å². The summed E-state index contributed by atoms with van der Waals surface area (Å²) < 4.78 is 0.657. The zero-order valence-electron chi connectivity index (χ0n) is 8.74. The average Bonchev–Trinajstić information content (AvgIpc) is 2.33. The summed E-state index contributed by atoms with van der Waals surface area (Å²) >= 11 is 3.19. The Hall–Kier alpha value is -1.01. The average molecular weight is 285 g/mol. The van der Waals surface area contributed by atoms with Gasteiger partial charge in [-0.1, -0.05) is 0 Å². The number of aromatic nitrogens is 2. The predicted molar refractivity (Wildman–Crippen MR) is 64.0 cm³/mol. The quantitative estimate of drug-likeness (QED) is 0.856. The van der Waals surface area contributed by atoms with E-state index in [0.717, 1.165) is 25.9 Å².